The summed E-state index contributed by atoms with van der Waals surface area (Å²) >= 11 is 0. The summed E-state index contributed by atoms with van der Waals surface area (Å²) in [5.74, 6) is -0.861. The van der Waals surface area contributed by atoms with Crippen molar-refractivity contribution in [3.8, 4) is 0 Å². The summed E-state index contributed by atoms with van der Waals surface area (Å²) in [5, 5.41) is 7.15. The third-order valence-corrected chi connectivity index (χ3v) is 4.18. The molecule has 0 unspecified atom stereocenters. The Morgan fingerprint density at radius 2 is 2.00 bits per heavy atom. The lowest BCUT2D eigenvalue weighted by Crippen LogP contribution is -2.40. The molecule has 1 aliphatic rings. The summed E-state index contributed by atoms with van der Waals surface area (Å²) in [6.07, 6.45) is 1.15. The second-order valence-corrected chi connectivity index (χ2v) is 6.70. The molecule has 2 aromatic rings. The number of hydrogen-bond donors (Lipinski definition) is 3. The van der Waals surface area contributed by atoms with Crippen LogP contribution in [0.1, 0.15) is 25.8 Å². The molecule has 27 heavy (non-hydrogen) atoms. The van der Waals surface area contributed by atoms with Gasteiger partial charge in [0.05, 0.1) is 11.8 Å². The van der Waals surface area contributed by atoms with Gasteiger partial charge in [0.25, 0.3) is 11.5 Å². The zero-order chi connectivity index (χ0) is 19.6. The summed E-state index contributed by atoms with van der Waals surface area (Å²) < 4.78 is 0. The van der Waals surface area contributed by atoms with Crippen LogP contribution in [0.25, 0.3) is 10.9 Å². The smallest absolute Gasteiger partial charge is 0.324 e. The van der Waals surface area contributed by atoms with Gasteiger partial charge in [0.15, 0.2) is 0 Å². The zero-order valence-electron chi connectivity index (χ0n) is 14.9. The number of nitrogens with one attached hydrogen (secondary N) is 3. The number of rotatable bonds is 5. The van der Waals surface area contributed by atoms with E-state index in [1.165, 1.54) is 6.21 Å². The molecule has 0 aliphatic carbocycles. The lowest BCUT2D eigenvalue weighted by atomic mass is 10.1. The van der Waals surface area contributed by atoms with E-state index in [2.05, 4.69) is 20.8 Å². The first-order valence-electron chi connectivity index (χ1n) is 8.36. The Balaban J connectivity index is 1.58. The highest BCUT2D eigenvalue weighted by Crippen LogP contribution is 2.16. The lowest BCUT2D eigenvalue weighted by Gasteiger charge is -2.15. The minimum Gasteiger partial charge on any atom is -0.324 e. The number of aromatic amines is 1. The highest BCUT2D eigenvalue weighted by molar-refractivity contribution is 6.06. The molecule has 0 radical (unpaired) electrons. The molecule has 140 valence electrons. The topological polar surface area (TPSA) is 124 Å². The molecule has 0 bridgehead atoms. The van der Waals surface area contributed by atoms with Gasteiger partial charge in [0.2, 0.25) is 5.91 Å². The maximum absolute atomic E-state index is 12.0. The van der Waals surface area contributed by atoms with Crippen molar-refractivity contribution in [1.82, 2.24) is 20.6 Å². The van der Waals surface area contributed by atoms with Crippen molar-refractivity contribution < 1.29 is 14.4 Å². The number of hydrogen-bond acceptors (Lipinski definition) is 5. The van der Waals surface area contributed by atoms with E-state index in [-0.39, 0.29) is 24.4 Å². The number of amides is 4. The van der Waals surface area contributed by atoms with E-state index in [1.807, 2.05) is 18.2 Å². The Kier molecular flexibility index (Phi) is 4.76. The molecule has 4 amide bonds. The van der Waals surface area contributed by atoms with Gasteiger partial charge in [0.1, 0.15) is 5.54 Å². The molecule has 1 fully saturated rings. The van der Waals surface area contributed by atoms with Crippen molar-refractivity contribution in [2.45, 2.75) is 25.8 Å². The average molecular weight is 369 g/mol. The van der Waals surface area contributed by atoms with Crippen LogP contribution in [-0.2, 0) is 9.59 Å². The molecule has 0 saturated carbocycles. The number of fused-ring (bicyclic) bond motifs is 1. The second kappa shape index (κ2) is 7.02. The Morgan fingerprint density at radius 3 is 2.70 bits per heavy atom. The molecular formula is C18H19N5O4. The Labute approximate surface area is 154 Å². The Hall–Kier alpha value is -3.49. The van der Waals surface area contributed by atoms with Crippen molar-refractivity contribution >= 4 is 35.0 Å². The standard InChI is InChI=1S/C18H19N5O4/c1-18(2)16(26)23(17(27)21-18)8-7-14(24)22-19-10-12-9-11-5-3-4-6-13(11)20-15(12)25/h3-6,9-10H,7-8H2,1-2H3,(H,20,25)(H,21,27)(H,22,24)/b19-10+. The molecule has 1 aliphatic heterocycles. The summed E-state index contributed by atoms with van der Waals surface area (Å²) in [5.41, 5.74) is 2.00. The molecule has 9 nitrogen and oxygen atoms in total. The number of hydrazone groups is 1. The van der Waals surface area contributed by atoms with E-state index >= 15 is 0 Å². The van der Waals surface area contributed by atoms with Gasteiger partial charge in [-0.25, -0.2) is 10.2 Å². The van der Waals surface area contributed by atoms with Crippen molar-refractivity contribution in [2.75, 3.05) is 6.54 Å². The van der Waals surface area contributed by atoms with Gasteiger partial charge in [-0.1, -0.05) is 18.2 Å². The van der Waals surface area contributed by atoms with E-state index in [4.69, 9.17) is 0 Å². The third kappa shape index (κ3) is 3.86. The van der Waals surface area contributed by atoms with Crippen LogP contribution in [0.4, 0.5) is 4.79 Å². The number of para-hydroxylation sites is 1. The number of carbonyl (C=O) groups is 3. The predicted molar refractivity (Wildman–Crippen MR) is 99.2 cm³/mol. The quantitative estimate of drug-likeness (QED) is 0.408. The summed E-state index contributed by atoms with van der Waals surface area (Å²) in [7, 11) is 0. The van der Waals surface area contributed by atoms with Gasteiger partial charge in [-0.15, -0.1) is 0 Å². The normalized spacial score (nSPS) is 16.1. The van der Waals surface area contributed by atoms with E-state index in [9.17, 15) is 19.2 Å². The third-order valence-electron chi connectivity index (χ3n) is 4.18. The average Bonchev–Trinajstić information content (AvgIpc) is 2.81. The van der Waals surface area contributed by atoms with Crippen molar-refractivity contribution in [1.29, 1.82) is 0 Å². The minimum atomic E-state index is -0.969. The number of aromatic nitrogens is 1. The van der Waals surface area contributed by atoms with Crippen LogP contribution in [0.15, 0.2) is 40.2 Å². The number of urea groups is 1. The highest BCUT2D eigenvalue weighted by atomic mass is 16.2. The van der Waals surface area contributed by atoms with E-state index < -0.39 is 17.5 Å². The Bertz CT molecular complexity index is 1010. The molecule has 2 heterocycles. The molecule has 3 N–H and O–H groups in total. The summed E-state index contributed by atoms with van der Waals surface area (Å²) in [6.45, 7) is 3.14. The monoisotopic (exact) mass is 369 g/mol. The fourth-order valence-corrected chi connectivity index (χ4v) is 2.72. The van der Waals surface area contributed by atoms with Crippen LogP contribution in [0.3, 0.4) is 0 Å². The van der Waals surface area contributed by atoms with Crippen LogP contribution in [-0.4, -0.2) is 46.0 Å². The molecule has 0 atom stereocenters. The number of H-pyrrole nitrogens is 1. The van der Waals surface area contributed by atoms with Gasteiger partial charge >= 0.3 is 6.03 Å². The van der Waals surface area contributed by atoms with Gasteiger partial charge in [-0.2, -0.15) is 5.10 Å². The molecule has 9 heteroatoms. The molecular weight excluding hydrogens is 350 g/mol. The molecule has 1 aromatic carbocycles. The number of imide groups is 1. The maximum atomic E-state index is 12.0. The number of benzene rings is 1. The first-order chi connectivity index (χ1) is 12.8. The van der Waals surface area contributed by atoms with Crippen molar-refractivity contribution in [3.63, 3.8) is 0 Å². The van der Waals surface area contributed by atoms with Crippen LogP contribution in [0.5, 0.6) is 0 Å². The van der Waals surface area contributed by atoms with Gasteiger partial charge in [-0.3, -0.25) is 19.3 Å². The number of nitrogens with zero attached hydrogens (tertiary/aromatic N) is 2. The van der Waals surface area contributed by atoms with Crippen LogP contribution in [0, 0.1) is 0 Å². The van der Waals surface area contributed by atoms with Crippen molar-refractivity contribution in [2.24, 2.45) is 5.10 Å². The van der Waals surface area contributed by atoms with Gasteiger partial charge in [-0.05, 0) is 31.4 Å². The summed E-state index contributed by atoms with van der Waals surface area (Å²) in [6, 6.07) is 8.44. The predicted octanol–water partition coefficient (Wildman–Crippen LogP) is 0.699. The highest BCUT2D eigenvalue weighted by Gasteiger charge is 2.43. The van der Waals surface area contributed by atoms with E-state index in [1.54, 1.807) is 26.0 Å². The molecule has 0 spiro atoms. The molecule has 1 saturated heterocycles. The number of carbonyl (C=O) groups excluding carboxylic acids is 3. The van der Waals surface area contributed by atoms with E-state index in [0.29, 0.717) is 11.1 Å². The van der Waals surface area contributed by atoms with Gasteiger partial charge in [0, 0.05) is 18.5 Å². The van der Waals surface area contributed by atoms with Crippen molar-refractivity contribution in [3.05, 3.63) is 46.2 Å². The first kappa shape index (κ1) is 18.3. The first-order valence-corrected chi connectivity index (χ1v) is 8.36. The van der Waals surface area contributed by atoms with Crippen LogP contribution >= 0.6 is 0 Å². The van der Waals surface area contributed by atoms with Crippen LogP contribution < -0.4 is 16.3 Å². The van der Waals surface area contributed by atoms with E-state index in [0.717, 1.165) is 10.3 Å². The fraction of sp³-hybridized carbons (Fsp3) is 0.278. The SMILES string of the molecule is CC1(C)NC(=O)N(CCC(=O)N/N=C/c2cc3ccccc3[nH]c2=O)C1=O. The lowest BCUT2D eigenvalue weighted by molar-refractivity contribution is -0.130. The largest absolute Gasteiger partial charge is 0.325 e. The minimum absolute atomic E-state index is 0.0496. The zero-order valence-corrected chi connectivity index (χ0v) is 14.9. The fourth-order valence-electron chi connectivity index (χ4n) is 2.72. The summed E-state index contributed by atoms with van der Waals surface area (Å²) in [4.78, 5) is 51.4. The Morgan fingerprint density at radius 1 is 1.26 bits per heavy atom. The maximum Gasteiger partial charge on any atom is 0.325 e. The molecule has 1 aromatic heterocycles. The number of pyridine rings is 1. The van der Waals surface area contributed by atoms with Crippen LogP contribution in [0.2, 0.25) is 0 Å². The second-order valence-electron chi connectivity index (χ2n) is 6.70. The molecule has 3 rings (SSSR count). The van der Waals surface area contributed by atoms with Gasteiger partial charge < -0.3 is 10.3 Å².